The monoisotopic (exact) mass is 309 g/mol. The molecular formula is C15H19NO2S2. The molecule has 0 saturated carbocycles. The molecule has 3 nitrogen and oxygen atoms in total. The maximum Gasteiger partial charge on any atom is 0.325 e. The van der Waals surface area contributed by atoms with Crippen LogP contribution in [0.5, 0.6) is 5.75 Å². The third-order valence-electron chi connectivity index (χ3n) is 3.00. The van der Waals surface area contributed by atoms with Gasteiger partial charge in [0, 0.05) is 22.8 Å². The van der Waals surface area contributed by atoms with Gasteiger partial charge in [-0.1, -0.05) is 30.4 Å². The van der Waals surface area contributed by atoms with Gasteiger partial charge in [0.05, 0.1) is 0 Å². The van der Waals surface area contributed by atoms with Crippen molar-refractivity contribution in [1.82, 2.24) is 0 Å². The van der Waals surface area contributed by atoms with Crippen LogP contribution in [0.15, 0.2) is 42.5 Å². The first-order chi connectivity index (χ1) is 9.58. The molecule has 0 radical (unpaired) electrons. The van der Waals surface area contributed by atoms with Gasteiger partial charge < -0.3 is 10.5 Å². The van der Waals surface area contributed by atoms with Gasteiger partial charge in [-0.2, -0.15) is 11.8 Å². The Balaban J connectivity index is 1.96. The number of para-hydroxylation sites is 1. The summed E-state index contributed by atoms with van der Waals surface area (Å²) in [7, 11) is 0. The summed E-state index contributed by atoms with van der Waals surface area (Å²) >= 11 is 3.29. The van der Waals surface area contributed by atoms with E-state index in [1.165, 1.54) is 0 Å². The third-order valence-corrected chi connectivity index (χ3v) is 6.16. The lowest BCUT2D eigenvalue weighted by Crippen LogP contribution is -2.31. The van der Waals surface area contributed by atoms with Crippen molar-refractivity contribution in [3.8, 4) is 5.75 Å². The van der Waals surface area contributed by atoms with Crippen LogP contribution in [0.4, 0.5) is 0 Å². The van der Waals surface area contributed by atoms with Crippen molar-refractivity contribution in [3.63, 3.8) is 0 Å². The summed E-state index contributed by atoms with van der Waals surface area (Å²) < 4.78 is 5.41. The largest absolute Gasteiger partial charge is 0.426 e. The quantitative estimate of drug-likeness (QED) is 0.528. The Morgan fingerprint density at radius 1 is 1.40 bits per heavy atom. The van der Waals surface area contributed by atoms with Crippen molar-refractivity contribution in [2.24, 2.45) is 5.73 Å². The highest BCUT2D eigenvalue weighted by molar-refractivity contribution is 8.05. The molecule has 0 aromatic heterocycles. The van der Waals surface area contributed by atoms with E-state index in [-0.39, 0.29) is 22.5 Å². The van der Waals surface area contributed by atoms with Crippen LogP contribution in [-0.2, 0) is 4.79 Å². The number of nitrogens with two attached hydrogens (primary N) is 1. The van der Waals surface area contributed by atoms with E-state index in [2.05, 4.69) is 6.58 Å². The molecule has 0 bridgehead atoms. The highest BCUT2D eigenvalue weighted by Gasteiger charge is 2.29. The van der Waals surface area contributed by atoms with Crippen LogP contribution >= 0.6 is 23.5 Å². The zero-order valence-corrected chi connectivity index (χ0v) is 13.1. The van der Waals surface area contributed by atoms with E-state index in [1.807, 2.05) is 25.1 Å². The van der Waals surface area contributed by atoms with E-state index in [0.29, 0.717) is 11.5 Å². The number of esters is 1. The molecule has 5 heteroatoms. The average molecular weight is 309 g/mol. The van der Waals surface area contributed by atoms with E-state index in [4.69, 9.17) is 10.5 Å². The third kappa shape index (κ3) is 4.04. The molecule has 1 aromatic carbocycles. The Morgan fingerprint density at radius 2 is 2.10 bits per heavy atom. The number of hydrogen-bond acceptors (Lipinski definition) is 5. The molecule has 20 heavy (non-hydrogen) atoms. The molecule has 1 heterocycles. The standard InChI is InChI=1S/C15H19NO2S2/c1-10-8-19-13(9-20-14(10)11(2)16)15(17)18-12-6-4-3-5-7-12/h3-7,11,13-14H,1,8-9,16H2,2H3/t11-,13?,14?/m0/s1. The molecule has 1 fully saturated rings. The number of ether oxygens (including phenoxy) is 1. The molecule has 3 atom stereocenters. The van der Waals surface area contributed by atoms with Crippen molar-refractivity contribution in [1.29, 1.82) is 0 Å². The SMILES string of the molecule is C=C1CSC(C(=O)Oc2ccccc2)CSC1[C@H](C)N. The molecule has 2 unspecified atom stereocenters. The van der Waals surface area contributed by atoms with Crippen molar-refractivity contribution >= 4 is 29.5 Å². The van der Waals surface area contributed by atoms with Gasteiger partial charge in [0.15, 0.2) is 0 Å². The number of carbonyl (C=O) groups is 1. The molecule has 2 N–H and O–H groups in total. The topological polar surface area (TPSA) is 52.3 Å². The molecule has 1 aliphatic rings. The van der Waals surface area contributed by atoms with Crippen LogP contribution in [0.3, 0.4) is 0 Å². The van der Waals surface area contributed by atoms with Crippen LogP contribution in [-0.4, -0.2) is 34.0 Å². The van der Waals surface area contributed by atoms with Crippen LogP contribution in [0.2, 0.25) is 0 Å². The minimum Gasteiger partial charge on any atom is -0.426 e. The zero-order valence-electron chi connectivity index (χ0n) is 11.5. The Hall–Kier alpha value is -0.910. The van der Waals surface area contributed by atoms with Crippen LogP contribution in [0.1, 0.15) is 6.92 Å². The summed E-state index contributed by atoms with van der Waals surface area (Å²) in [4.78, 5) is 12.2. The normalized spacial score (nSPS) is 24.8. The maximum atomic E-state index is 12.2. The number of carbonyl (C=O) groups excluding carboxylic acids is 1. The smallest absolute Gasteiger partial charge is 0.325 e. The first-order valence-electron chi connectivity index (χ1n) is 6.51. The van der Waals surface area contributed by atoms with E-state index >= 15 is 0 Å². The number of thioether (sulfide) groups is 2. The summed E-state index contributed by atoms with van der Waals surface area (Å²) in [5.74, 6) is 1.87. The fourth-order valence-electron chi connectivity index (χ4n) is 1.98. The molecule has 0 spiro atoms. The van der Waals surface area contributed by atoms with Crippen LogP contribution in [0, 0.1) is 0 Å². The van der Waals surface area contributed by atoms with Gasteiger partial charge in [-0.3, -0.25) is 4.79 Å². The maximum absolute atomic E-state index is 12.2. The molecule has 1 saturated heterocycles. The number of rotatable bonds is 3. The van der Waals surface area contributed by atoms with Gasteiger partial charge in [-0.25, -0.2) is 0 Å². The van der Waals surface area contributed by atoms with E-state index < -0.39 is 0 Å². The molecular weight excluding hydrogens is 290 g/mol. The summed E-state index contributed by atoms with van der Waals surface area (Å²) in [6.07, 6.45) is 0. The van der Waals surface area contributed by atoms with E-state index in [1.54, 1.807) is 35.7 Å². The second kappa shape index (κ2) is 7.20. The molecule has 0 aliphatic carbocycles. The van der Waals surface area contributed by atoms with Crippen molar-refractivity contribution < 1.29 is 9.53 Å². The van der Waals surface area contributed by atoms with E-state index in [0.717, 1.165) is 11.3 Å². The first-order valence-corrected chi connectivity index (χ1v) is 8.61. The summed E-state index contributed by atoms with van der Waals surface area (Å²) in [6.45, 7) is 6.06. The Morgan fingerprint density at radius 3 is 2.75 bits per heavy atom. The summed E-state index contributed by atoms with van der Waals surface area (Å²) in [5.41, 5.74) is 7.07. The van der Waals surface area contributed by atoms with Gasteiger partial charge in [-0.15, -0.1) is 11.8 Å². The van der Waals surface area contributed by atoms with Crippen LogP contribution in [0.25, 0.3) is 0 Å². The summed E-state index contributed by atoms with van der Waals surface area (Å²) in [6, 6.07) is 9.23. The Kier molecular flexibility index (Phi) is 5.57. The van der Waals surface area contributed by atoms with Crippen molar-refractivity contribution in [2.75, 3.05) is 11.5 Å². The molecule has 1 aromatic rings. The fraction of sp³-hybridized carbons (Fsp3) is 0.400. The van der Waals surface area contributed by atoms with Crippen molar-refractivity contribution in [3.05, 3.63) is 42.5 Å². The fourth-order valence-corrected chi connectivity index (χ4v) is 4.62. The molecule has 2 rings (SSSR count). The van der Waals surface area contributed by atoms with Gasteiger partial charge >= 0.3 is 5.97 Å². The Labute approximate surface area is 128 Å². The van der Waals surface area contributed by atoms with Crippen LogP contribution < -0.4 is 10.5 Å². The Bertz CT molecular complexity index is 476. The highest BCUT2D eigenvalue weighted by Crippen LogP contribution is 2.33. The minimum absolute atomic E-state index is 0.0528. The highest BCUT2D eigenvalue weighted by atomic mass is 32.2. The molecule has 1 aliphatic heterocycles. The number of hydrogen-bond donors (Lipinski definition) is 1. The lowest BCUT2D eigenvalue weighted by atomic mass is 10.1. The van der Waals surface area contributed by atoms with Gasteiger partial charge in [-0.05, 0) is 19.1 Å². The van der Waals surface area contributed by atoms with E-state index in [9.17, 15) is 4.79 Å². The number of benzene rings is 1. The molecule has 108 valence electrons. The second-order valence-electron chi connectivity index (χ2n) is 4.81. The predicted molar refractivity (Wildman–Crippen MR) is 87.4 cm³/mol. The second-order valence-corrected chi connectivity index (χ2v) is 7.17. The predicted octanol–water partition coefficient (Wildman–Crippen LogP) is 2.71. The first kappa shape index (κ1) is 15.5. The molecule has 0 amide bonds. The lowest BCUT2D eigenvalue weighted by Gasteiger charge is -2.19. The van der Waals surface area contributed by atoms with Gasteiger partial charge in [0.2, 0.25) is 0 Å². The zero-order chi connectivity index (χ0) is 14.5. The average Bonchev–Trinajstić information content (AvgIpc) is 2.62. The van der Waals surface area contributed by atoms with Crippen molar-refractivity contribution in [2.45, 2.75) is 23.5 Å². The van der Waals surface area contributed by atoms with Gasteiger partial charge in [0.1, 0.15) is 11.0 Å². The summed E-state index contributed by atoms with van der Waals surface area (Å²) in [5, 5.41) is 0.0535. The minimum atomic E-state index is -0.188. The lowest BCUT2D eigenvalue weighted by molar-refractivity contribution is -0.133. The van der Waals surface area contributed by atoms with Gasteiger partial charge in [0.25, 0.3) is 0 Å².